The van der Waals surface area contributed by atoms with Crippen molar-refractivity contribution in [3.8, 4) is 0 Å². The van der Waals surface area contributed by atoms with E-state index in [1.807, 2.05) is 0 Å². The van der Waals surface area contributed by atoms with Crippen molar-refractivity contribution in [1.29, 1.82) is 0 Å². The Bertz CT molecular complexity index is 901. The molecule has 0 aliphatic heterocycles. The van der Waals surface area contributed by atoms with Gasteiger partial charge in [-0.3, -0.25) is 19.5 Å². The number of amides is 1. The van der Waals surface area contributed by atoms with Gasteiger partial charge in [0.2, 0.25) is 11.9 Å². The normalized spacial score (nSPS) is 10.8. The third-order valence-electron chi connectivity index (χ3n) is 3.16. The minimum Gasteiger partial charge on any atom is -0.331 e. The van der Waals surface area contributed by atoms with Gasteiger partial charge in [-0.15, -0.1) is 0 Å². The number of aryl methyl sites for hydroxylation is 1. The molecule has 0 saturated heterocycles. The number of nitrogens with one attached hydrogen (secondary N) is 2. The summed E-state index contributed by atoms with van der Waals surface area (Å²) >= 11 is 0. The topological polar surface area (TPSA) is 92.7 Å². The predicted octanol–water partition coefficient (Wildman–Crippen LogP) is 1.21. The highest BCUT2D eigenvalue weighted by Crippen LogP contribution is 2.10. The summed E-state index contributed by atoms with van der Waals surface area (Å²) in [5, 5.41) is 2.65. The number of hydrogen-bond acceptors (Lipinski definition) is 4. The first-order chi connectivity index (χ1) is 10.5. The summed E-state index contributed by atoms with van der Waals surface area (Å²) in [4.78, 5) is 35.2. The van der Waals surface area contributed by atoms with Gasteiger partial charge in [0.15, 0.2) is 0 Å². The lowest BCUT2D eigenvalue weighted by molar-refractivity contribution is -0.116. The number of H-pyrrole nitrogens is 1. The Kier molecular flexibility index (Phi) is 3.42. The number of carbonyl (C=O) groups is 1. The van der Waals surface area contributed by atoms with Gasteiger partial charge in [0.1, 0.15) is 18.2 Å². The number of aromatic amines is 1. The van der Waals surface area contributed by atoms with Gasteiger partial charge in [-0.1, -0.05) is 0 Å². The van der Waals surface area contributed by atoms with E-state index in [1.165, 1.54) is 22.9 Å². The van der Waals surface area contributed by atoms with Gasteiger partial charge in [0.05, 0.1) is 10.9 Å². The molecule has 0 aliphatic carbocycles. The second-order valence-electron chi connectivity index (χ2n) is 4.70. The minimum absolute atomic E-state index is 0.136. The number of fused-ring (bicyclic) bond motifs is 1. The Morgan fingerprint density at radius 2 is 2.27 bits per heavy atom. The van der Waals surface area contributed by atoms with Crippen LogP contribution in [0, 0.1) is 12.7 Å². The maximum absolute atomic E-state index is 13.3. The first-order valence-corrected chi connectivity index (χ1v) is 6.50. The van der Waals surface area contributed by atoms with Gasteiger partial charge in [-0.05, 0) is 25.1 Å². The highest BCUT2D eigenvalue weighted by atomic mass is 19.1. The second kappa shape index (κ2) is 5.40. The van der Waals surface area contributed by atoms with Crippen LogP contribution in [0.2, 0.25) is 0 Å². The average molecular weight is 301 g/mol. The van der Waals surface area contributed by atoms with Crippen molar-refractivity contribution in [2.45, 2.75) is 13.5 Å². The number of anilines is 1. The number of imidazole rings is 1. The van der Waals surface area contributed by atoms with E-state index < -0.39 is 17.3 Å². The molecule has 1 aromatic carbocycles. The van der Waals surface area contributed by atoms with Gasteiger partial charge in [-0.2, -0.15) is 0 Å². The summed E-state index contributed by atoms with van der Waals surface area (Å²) < 4.78 is 14.5. The highest BCUT2D eigenvalue weighted by molar-refractivity contribution is 5.89. The molecule has 2 heterocycles. The summed E-state index contributed by atoms with van der Waals surface area (Å²) in [6, 6.07) is 3.79. The maximum Gasteiger partial charge on any atom is 0.261 e. The predicted molar refractivity (Wildman–Crippen MR) is 77.9 cm³/mol. The van der Waals surface area contributed by atoms with Crippen molar-refractivity contribution in [2.24, 2.45) is 0 Å². The second-order valence-corrected chi connectivity index (χ2v) is 4.70. The molecule has 3 rings (SSSR count). The number of nitrogens with zero attached hydrogens (tertiary/aromatic N) is 3. The van der Waals surface area contributed by atoms with Crippen molar-refractivity contribution in [1.82, 2.24) is 19.5 Å². The van der Waals surface area contributed by atoms with E-state index in [-0.39, 0.29) is 17.9 Å². The molecule has 3 aromatic rings. The molecular formula is C14H12FN5O2. The Hall–Kier alpha value is -3.03. The van der Waals surface area contributed by atoms with Crippen LogP contribution in [0.15, 0.2) is 35.4 Å². The molecule has 2 aromatic heterocycles. The van der Waals surface area contributed by atoms with Crippen LogP contribution >= 0.6 is 0 Å². The van der Waals surface area contributed by atoms with Crippen LogP contribution < -0.4 is 10.9 Å². The van der Waals surface area contributed by atoms with Crippen LogP contribution in [0.25, 0.3) is 10.9 Å². The fraction of sp³-hybridized carbons (Fsp3) is 0.143. The number of halogens is 1. The van der Waals surface area contributed by atoms with Crippen molar-refractivity contribution < 1.29 is 9.18 Å². The monoisotopic (exact) mass is 301 g/mol. The molecule has 1 amide bonds. The third kappa shape index (κ3) is 2.58. The quantitative estimate of drug-likeness (QED) is 0.760. The molecule has 0 radical (unpaired) electrons. The number of hydrogen-bond donors (Lipinski definition) is 2. The van der Waals surface area contributed by atoms with E-state index in [2.05, 4.69) is 20.3 Å². The van der Waals surface area contributed by atoms with Crippen LogP contribution in [-0.2, 0) is 11.3 Å². The third-order valence-corrected chi connectivity index (χ3v) is 3.16. The van der Waals surface area contributed by atoms with Crippen LogP contribution in [0.3, 0.4) is 0 Å². The maximum atomic E-state index is 13.3. The Morgan fingerprint density at radius 1 is 1.45 bits per heavy atom. The van der Waals surface area contributed by atoms with E-state index in [4.69, 9.17) is 0 Å². The molecule has 2 N–H and O–H groups in total. The first kappa shape index (κ1) is 13.9. The Morgan fingerprint density at radius 3 is 3.00 bits per heavy atom. The average Bonchev–Trinajstić information content (AvgIpc) is 2.97. The smallest absolute Gasteiger partial charge is 0.261 e. The molecule has 0 unspecified atom stereocenters. The molecule has 0 fully saturated rings. The van der Waals surface area contributed by atoms with Crippen molar-refractivity contribution in [2.75, 3.05) is 5.32 Å². The van der Waals surface area contributed by atoms with Gasteiger partial charge < -0.3 is 4.98 Å². The molecule has 7 nitrogen and oxygen atoms in total. The molecule has 0 spiro atoms. The van der Waals surface area contributed by atoms with Gasteiger partial charge >= 0.3 is 0 Å². The summed E-state index contributed by atoms with van der Waals surface area (Å²) in [7, 11) is 0. The van der Waals surface area contributed by atoms with E-state index in [9.17, 15) is 14.0 Å². The van der Waals surface area contributed by atoms with E-state index >= 15 is 0 Å². The fourth-order valence-electron chi connectivity index (χ4n) is 2.14. The van der Waals surface area contributed by atoms with Crippen LogP contribution in [0.5, 0.6) is 0 Å². The first-order valence-electron chi connectivity index (χ1n) is 6.50. The molecule has 112 valence electrons. The number of benzene rings is 1. The molecule has 0 bridgehead atoms. The van der Waals surface area contributed by atoms with Gasteiger partial charge in [0, 0.05) is 12.4 Å². The number of carbonyl (C=O) groups excluding carboxylic acids is 1. The van der Waals surface area contributed by atoms with Crippen molar-refractivity contribution in [3.63, 3.8) is 0 Å². The fourth-order valence-corrected chi connectivity index (χ4v) is 2.14. The molecule has 22 heavy (non-hydrogen) atoms. The number of aromatic nitrogens is 4. The zero-order valence-corrected chi connectivity index (χ0v) is 11.6. The SMILES string of the molecule is Cc1nc2ccc(F)cc2c(=O)n1CC(=O)Nc1ncc[nH]1. The van der Waals surface area contributed by atoms with Crippen LogP contribution in [-0.4, -0.2) is 25.4 Å². The standard InChI is InChI=1S/C14H12FN5O2/c1-8-18-11-3-2-9(15)6-10(11)13(22)20(8)7-12(21)19-14-16-4-5-17-14/h2-6H,7H2,1H3,(H2,16,17,19,21). The highest BCUT2D eigenvalue weighted by Gasteiger charge is 2.12. The molecule has 0 aliphatic rings. The Labute approximate surface area is 123 Å². The summed E-state index contributed by atoms with van der Waals surface area (Å²) in [6.45, 7) is 1.38. The summed E-state index contributed by atoms with van der Waals surface area (Å²) in [6.07, 6.45) is 3.06. The summed E-state index contributed by atoms with van der Waals surface area (Å²) in [5.41, 5.74) is -0.0665. The molecule has 0 atom stereocenters. The van der Waals surface area contributed by atoms with Gasteiger partial charge in [0.25, 0.3) is 5.56 Å². The van der Waals surface area contributed by atoms with E-state index in [1.54, 1.807) is 13.1 Å². The molecule has 8 heteroatoms. The minimum atomic E-state index is -0.526. The van der Waals surface area contributed by atoms with E-state index in [0.29, 0.717) is 11.3 Å². The number of rotatable bonds is 3. The van der Waals surface area contributed by atoms with Crippen LogP contribution in [0.1, 0.15) is 5.82 Å². The zero-order valence-electron chi connectivity index (χ0n) is 11.6. The summed E-state index contributed by atoms with van der Waals surface area (Å²) in [5.74, 6) is -0.297. The van der Waals surface area contributed by atoms with Crippen LogP contribution in [0.4, 0.5) is 10.3 Å². The lowest BCUT2D eigenvalue weighted by Gasteiger charge is -2.10. The zero-order chi connectivity index (χ0) is 15.7. The van der Waals surface area contributed by atoms with Gasteiger partial charge in [-0.25, -0.2) is 14.4 Å². The lowest BCUT2D eigenvalue weighted by Crippen LogP contribution is -2.30. The lowest BCUT2D eigenvalue weighted by atomic mass is 10.2. The van der Waals surface area contributed by atoms with Crippen molar-refractivity contribution in [3.05, 3.63) is 52.6 Å². The largest absolute Gasteiger partial charge is 0.331 e. The molecule has 0 saturated carbocycles. The van der Waals surface area contributed by atoms with Crippen molar-refractivity contribution >= 4 is 22.8 Å². The Balaban J connectivity index is 1.96. The van der Waals surface area contributed by atoms with E-state index in [0.717, 1.165) is 6.07 Å². The molecular weight excluding hydrogens is 289 g/mol.